The zero-order valence-electron chi connectivity index (χ0n) is 26.8. The van der Waals surface area contributed by atoms with E-state index in [1.807, 2.05) is 36.4 Å². The van der Waals surface area contributed by atoms with Crippen LogP contribution in [0.15, 0.2) is 164 Å². The molecule has 8 aromatic rings. The van der Waals surface area contributed by atoms with Gasteiger partial charge in [-0.05, 0) is 81.1 Å². The van der Waals surface area contributed by atoms with Gasteiger partial charge < -0.3 is 0 Å². The smallest absolute Gasteiger partial charge is 0.0992 e. The molecule has 0 bridgehead atoms. The molecular formula is C45H27N5. The van der Waals surface area contributed by atoms with Crippen LogP contribution in [0.25, 0.3) is 78.1 Å². The third kappa shape index (κ3) is 5.56. The van der Waals surface area contributed by atoms with Gasteiger partial charge >= 0.3 is 0 Å². The van der Waals surface area contributed by atoms with Crippen LogP contribution in [0, 0.1) is 22.7 Å². The second-order valence-electron chi connectivity index (χ2n) is 11.8. The van der Waals surface area contributed by atoms with Crippen molar-refractivity contribution in [2.24, 2.45) is 0 Å². The third-order valence-electron chi connectivity index (χ3n) is 8.83. The highest BCUT2D eigenvalue weighted by molar-refractivity contribution is 6.18. The van der Waals surface area contributed by atoms with E-state index in [9.17, 15) is 10.5 Å². The normalized spacial score (nSPS) is 10.8. The fourth-order valence-electron chi connectivity index (χ4n) is 6.64. The molecule has 5 heteroatoms. The van der Waals surface area contributed by atoms with Crippen LogP contribution in [-0.2, 0) is 0 Å². The molecule has 0 aliphatic carbocycles. The molecule has 0 radical (unpaired) electrons. The number of benzene rings is 5. The average Bonchev–Trinajstić information content (AvgIpc) is 3.20. The summed E-state index contributed by atoms with van der Waals surface area (Å²) in [6.45, 7) is 0. The van der Waals surface area contributed by atoms with Crippen LogP contribution in [0.3, 0.4) is 0 Å². The molecule has 232 valence electrons. The van der Waals surface area contributed by atoms with Crippen molar-refractivity contribution < 1.29 is 0 Å². The van der Waals surface area contributed by atoms with E-state index >= 15 is 0 Å². The Bertz CT molecular complexity index is 2430. The van der Waals surface area contributed by atoms with E-state index in [0.29, 0.717) is 22.5 Å². The van der Waals surface area contributed by atoms with Gasteiger partial charge in [-0.25, -0.2) is 4.98 Å². The summed E-state index contributed by atoms with van der Waals surface area (Å²) in [6, 6.07) is 55.3. The Morgan fingerprint density at radius 1 is 0.360 bits per heavy atom. The van der Waals surface area contributed by atoms with Gasteiger partial charge in [-0.1, -0.05) is 109 Å². The topological polar surface area (TPSA) is 86.2 Å². The van der Waals surface area contributed by atoms with Crippen LogP contribution >= 0.6 is 0 Å². The summed E-state index contributed by atoms with van der Waals surface area (Å²) in [5.74, 6) is 0. The maximum absolute atomic E-state index is 9.59. The standard InChI is InChI=1S/C45H27N5/c46-28-30-21-23-48-40(25-30)34-15-9-16-35(27-34)42-36-17-7-8-18-37(36)45(39-20-10-19-38(50-39)41-26-31(29-47)22-24-49-41)44(33-13-5-2-6-14-33)43(42)32-11-3-1-4-12-32/h1-27H. The SMILES string of the molecule is N#Cc1ccnc(-c2cccc(-c3c(-c4ccccc4)c(-c4ccccc4)c(-c4cccc(-c5cc(C#N)ccn5)n4)c4ccccc34)c2)c1. The summed E-state index contributed by atoms with van der Waals surface area (Å²) >= 11 is 0. The van der Waals surface area contributed by atoms with Gasteiger partial charge in [0.1, 0.15) is 0 Å². The molecule has 0 spiro atoms. The minimum Gasteiger partial charge on any atom is -0.256 e. The Kier molecular flexibility index (Phi) is 7.91. The monoisotopic (exact) mass is 637 g/mol. The molecule has 3 aromatic heterocycles. The molecule has 0 aliphatic rings. The largest absolute Gasteiger partial charge is 0.256 e. The third-order valence-corrected chi connectivity index (χ3v) is 8.83. The number of hydrogen-bond acceptors (Lipinski definition) is 5. The Labute approximate surface area is 290 Å². The second-order valence-corrected chi connectivity index (χ2v) is 11.8. The van der Waals surface area contributed by atoms with E-state index in [2.05, 4.69) is 119 Å². The minimum atomic E-state index is 0.533. The predicted molar refractivity (Wildman–Crippen MR) is 199 cm³/mol. The molecule has 0 aliphatic heterocycles. The van der Waals surface area contributed by atoms with Crippen molar-refractivity contribution in [3.63, 3.8) is 0 Å². The molecule has 5 nitrogen and oxygen atoms in total. The van der Waals surface area contributed by atoms with E-state index in [0.717, 1.165) is 66.7 Å². The van der Waals surface area contributed by atoms with E-state index in [-0.39, 0.29) is 0 Å². The summed E-state index contributed by atoms with van der Waals surface area (Å²) in [5, 5.41) is 21.3. The van der Waals surface area contributed by atoms with Crippen LogP contribution in [0.4, 0.5) is 0 Å². The van der Waals surface area contributed by atoms with Crippen molar-refractivity contribution in [1.82, 2.24) is 15.0 Å². The number of fused-ring (bicyclic) bond motifs is 1. The molecule has 3 heterocycles. The van der Waals surface area contributed by atoms with Crippen molar-refractivity contribution in [3.8, 4) is 79.4 Å². The fourth-order valence-corrected chi connectivity index (χ4v) is 6.64. The van der Waals surface area contributed by atoms with Crippen molar-refractivity contribution in [2.45, 2.75) is 0 Å². The molecule has 50 heavy (non-hydrogen) atoms. The molecule has 0 N–H and O–H groups in total. The van der Waals surface area contributed by atoms with Gasteiger partial charge in [0.2, 0.25) is 0 Å². The predicted octanol–water partition coefficient (Wildman–Crippen LogP) is 10.8. The van der Waals surface area contributed by atoms with Crippen LogP contribution < -0.4 is 0 Å². The van der Waals surface area contributed by atoms with E-state index in [1.165, 1.54) is 0 Å². The number of nitrogens with zero attached hydrogens (tertiary/aromatic N) is 5. The Morgan fingerprint density at radius 3 is 1.52 bits per heavy atom. The number of nitriles is 2. The van der Waals surface area contributed by atoms with Gasteiger partial charge in [-0.3, -0.25) is 9.97 Å². The molecule has 8 rings (SSSR count). The van der Waals surface area contributed by atoms with Crippen molar-refractivity contribution in [1.29, 1.82) is 10.5 Å². The van der Waals surface area contributed by atoms with E-state index < -0.39 is 0 Å². The summed E-state index contributed by atoms with van der Waals surface area (Å²) in [7, 11) is 0. The van der Waals surface area contributed by atoms with Crippen molar-refractivity contribution in [3.05, 3.63) is 175 Å². The lowest BCUT2D eigenvalue weighted by Crippen LogP contribution is -1.99. The number of rotatable bonds is 6. The van der Waals surface area contributed by atoms with Crippen LogP contribution in [0.5, 0.6) is 0 Å². The van der Waals surface area contributed by atoms with Crippen LogP contribution in [0.2, 0.25) is 0 Å². The molecule has 5 aromatic carbocycles. The number of hydrogen-bond donors (Lipinski definition) is 0. The van der Waals surface area contributed by atoms with Gasteiger partial charge in [0.15, 0.2) is 0 Å². The summed E-state index contributed by atoms with van der Waals surface area (Å²) in [4.78, 5) is 14.4. The highest BCUT2D eigenvalue weighted by Crippen LogP contribution is 2.50. The van der Waals surface area contributed by atoms with E-state index in [1.54, 1.807) is 30.6 Å². The molecular weight excluding hydrogens is 611 g/mol. The van der Waals surface area contributed by atoms with E-state index in [4.69, 9.17) is 4.98 Å². The first-order valence-corrected chi connectivity index (χ1v) is 16.2. The number of pyridine rings is 3. The van der Waals surface area contributed by atoms with Gasteiger partial charge in [0.05, 0.1) is 46.0 Å². The van der Waals surface area contributed by atoms with Gasteiger partial charge in [-0.15, -0.1) is 0 Å². The Balaban J connectivity index is 1.49. The maximum Gasteiger partial charge on any atom is 0.0992 e. The first-order chi connectivity index (χ1) is 24.7. The molecule has 0 atom stereocenters. The summed E-state index contributed by atoms with van der Waals surface area (Å²) in [6.07, 6.45) is 3.33. The van der Waals surface area contributed by atoms with Gasteiger partial charge in [0.25, 0.3) is 0 Å². The zero-order chi connectivity index (χ0) is 33.9. The lowest BCUT2D eigenvalue weighted by Gasteiger charge is -2.24. The van der Waals surface area contributed by atoms with Crippen molar-refractivity contribution >= 4 is 10.8 Å². The quantitative estimate of drug-likeness (QED) is 0.181. The highest BCUT2D eigenvalue weighted by Gasteiger charge is 2.25. The average molecular weight is 638 g/mol. The molecule has 0 saturated heterocycles. The lowest BCUT2D eigenvalue weighted by atomic mass is 9.79. The number of aromatic nitrogens is 3. The zero-order valence-corrected chi connectivity index (χ0v) is 26.8. The first-order valence-electron chi connectivity index (χ1n) is 16.2. The molecule has 0 amide bonds. The summed E-state index contributed by atoms with van der Waals surface area (Å²) in [5.41, 5.74) is 12.3. The molecule has 0 unspecified atom stereocenters. The molecule has 0 fully saturated rings. The van der Waals surface area contributed by atoms with Gasteiger partial charge in [0, 0.05) is 29.1 Å². The first kappa shape index (κ1) is 30.1. The maximum atomic E-state index is 9.59. The lowest BCUT2D eigenvalue weighted by molar-refractivity contribution is 1.24. The Hall–Kier alpha value is -7.21. The van der Waals surface area contributed by atoms with Crippen molar-refractivity contribution in [2.75, 3.05) is 0 Å². The van der Waals surface area contributed by atoms with Crippen LogP contribution in [0.1, 0.15) is 11.1 Å². The second kappa shape index (κ2) is 13.1. The minimum absolute atomic E-state index is 0.533. The van der Waals surface area contributed by atoms with Gasteiger partial charge in [-0.2, -0.15) is 10.5 Å². The summed E-state index contributed by atoms with van der Waals surface area (Å²) < 4.78 is 0. The van der Waals surface area contributed by atoms with Crippen LogP contribution in [-0.4, -0.2) is 15.0 Å². The Morgan fingerprint density at radius 2 is 0.860 bits per heavy atom. The highest BCUT2D eigenvalue weighted by atomic mass is 14.8. The molecule has 0 saturated carbocycles. The fraction of sp³-hybridized carbons (Fsp3) is 0.